The van der Waals surface area contributed by atoms with Gasteiger partial charge in [0.1, 0.15) is 5.75 Å². The zero-order valence-electron chi connectivity index (χ0n) is 15.4. The molecule has 138 valence electrons. The van der Waals surface area contributed by atoms with Gasteiger partial charge in [-0.1, -0.05) is 23.7 Å². The van der Waals surface area contributed by atoms with Gasteiger partial charge in [0, 0.05) is 16.1 Å². The lowest BCUT2D eigenvalue weighted by molar-refractivity contribution is 0.0940. The molecule has 0 fully saturated rings. The Balaban J connectivity index is 1.70. The van der Waals surface area contributed by atoms with Gasteiger partial charge in [-0.15, -0.1) is 0 Å². The molecule has 0 aliphatic heterocycles. The van der Waals surface area contributed by atoms with E-state index in [2.05, 4.69) is 5.32 Å². The molecule has 1 aromatic heterocycles. The minimum Gasteiger partial charge on any atom is -0.497 e. The summed E-state index contributed by atoms with van der Waals surface area (Å²) < 4.78 is 5.20. The summed E-state index contributed by atoms with van der Waals surface area (Å²) in [5.41, 5.74) is 4.66. The zero-order valence-corrected chi connectivity index (χ0v) is 16.1. The zero-order chi connectivity index (χ0) is 19.0. The Bertz CT molecular complexity index is 1010. The van der Waals surface area contributed by atoms with Gasteiger partial charge in [-0.25, -0.2) is 0 Å². The Morgan fingerprint density at radius 3 is 2.70 bits per heavy atom. The van der Waals surface area contributed by atoms with Crippen LogP contribution in [-0.2, 0) is 12.8 Å². The van der Waals surface area contributed by atoms with Gasteiger partial charge in [0.15, 0.2) is 0 Å². The van der Waals surface area contributed by atoms with Crippen LogP contribution >= 0.6 is 11.6 Å². The number of methoxy groups -OCH3 is 1. The molecule has 4 nitrogen and oxygen atoms in total. The number of hydrogen-bond donors (Lipinski definition) is 1. The molecule has 0 saturated heterocycles. The van der Waals surface area contributed by atoms with Crippen molar-refractivity contribution in [2.45, 2.75) is 32.2 Å². The summed E-state index contributed by atoms with van der Waals surface area (Å²) in [6.45, 7) is 1.98. The summed E-state index contributed by atoms with van der Waals surface area (Å²) in [4.78, 5) is 18.0. The number of fused-ring (bicyclic) bond motifs is 2. The molecule has 0 bridgehead atoms. The first-order valence-electron chi connectivity index (χ1n) is 9.12. The van der Waals surface area contributed by atoms with Gasteiger partial charge in [-0.05, 0) is 67.6 Å². The van der Waals surface area contributed by atoms with E-state index in [1.54, 1.807) is 7.11 Å². The number of nitrogens with one attached hydrogen (secondary N) is 1. The van der Waals surface area contributed by atoms with Crippen LogP contribution in [0.5, 0.6) is 5.75 Å². The molecule has 3 aromatic rings. The van der Waals surface area contributed by atoms with Crippen molar-refractivity contribution in [3.05, 3.63) is 69.9 Å². The molecule has 0 saturated carbocycles. The van der Waals surface area contributed by atoms with Crippen molar-refractivity contribution in [3.63, 3.8) is 0 Å². The second kappa shape index (κ2) is 7.20. The predicted octanol–water partition coefficient (Wildman–Crippen LogP) is 4.88. The lowest BCUT2D eigenvalue weighted by Gasteiger charge is -2.18. The van der Waals surface area contributed by atoms with Crippen molar-refractivity contribution in [1.29, 1.82) is 0 Å². The Kier molecular flexibility index (Phi) is 4.75. The fourth-order valence-corrected chi connectivity index (χ4v) is 3.91. The first kappa shape index (κ1) is 17.8. The average Bonchev–Trinajstić information content (AvgIpc) is 3.14. The summed E-state index contributed by atoms with van der Waals surface area (Å²) in [5, 5.41) is 4.57. The molecule has 5 heteroatoms. The van der Waals surface area contributed by atoms with Crippen LogP contribution in [0.15, 0.2) is 42.5 Å². The molecule has 1 aliphatic rings. The van der Waals surface area contributed by atoms with Gasteiger partial charge < -0.3 is 10.1 Å². The highest BCUT2D eigenvalue weighted by molar-refractivity contribution is 6.31. The normalized spacial score (nSPS) is 14.0. The molecule has 1 atom stereocenters. The van der Waals surface area contributed by atoms with Crippen molar-refractivity contribution < 1.29 is 9.53 Å². The van der Waals surface area contributed by atoms with E-state index in [0.717, 1.165) is 58.3 Å². The maximum absolute atomic E-state index is 13.2. The van der Waals surface area contributed by atoms with E-state index in [-0.39, 0.29) is 11.9 Å². The number of aryl methyl sites for hydroxylation is 1. The molecular formula is C22H21ClN2O2. The first-order valence-corrected chi connectivity index (χ1v) is 9.50. The Labute approximate surface area is 163 Å². The molecule has 0 spiro atoms. The molecule has 0 radical (unpaired) electrons. The number of nitrogens with zero attached hydrogens (tertiary/aromatic N) is 1. The number of carbonyl (C=O) groups is 1. The minimum absolute atomic E-state index is 0.0777. The highest BCUT2D eigenvalue weighted by Crippen LogP contribution is 2.32. The van der Waals surface area contributed by atoms with E-state index in [1.807, 2.05) is 49.4 Å². The summed E-state index contributed by atoms with van der Waals surface area (Å²) in [6.07, 6.45) is 2.83. The van der Waals surface area contributed by atoms with Crippen molar-refractivity contribution in [1.82, 2.24) is 10.3 Å². The third-order valence-corrected chi connectivity index (χ3v) is 5.40. The van der Waals surface area contributed by atoms with Crippen LogP contribution in [0.1, 0.15) is 46.6 Å². The highest BCUT2D eigenvalue weighted by atomic mass is 35.5. The maximum atomic E-state index is 13.2. The summed E-state index contributed by atoms with van der Waals surface area (Å²) in [5.74, 6) is 0.719. The second-order valence-electron chi connectivity index (χ2n) is 6.90. The van der Waals surface area contributed by atoms with Crippen LogP contribution in [0.25, 0.3) is 10.9 Å². The number of carbonyl (C=O) groups excluding carboxylic acids is 1. The molecular weight excluding hydrogens is 360 g/mol. The van der Waals surface area contributed by atoms with E-state index in [0.29, 0.717) is 5.02 Å². The molecule has 1 unspecified atom stereocenters. The van der Waals surface area contributed by atoms with Crippen LogP contribution in [0, 0.1) is 0 Å². The largest absolute Gasteiger partial charge is 0.497 e. The predicted molar refractivity (Wildman–Crippen MR) is 108 cm³/mol. The number of amides is 1. The lowest BCUT2D eigenvalue weighted by Crippen LogP contribution is -2.28. The number of halogens is 1. The van der Waals surface area contributed by atoms with Crippen LogP contribution in [0.2, 0.25) is 5.02 Å². The van der Waals surface area contributed by atoms with Gasteiger partial charge in [0.25, 0.3) is 5.91 Å². The molecule has 1 heterocycles. The molecule has 27 heavy (non-hydrogen) atoms. The smallest absolute Gasteiger partial charge is 0.252 e. The number of ether oxygens (including phenoxy) is 1. The molecule has 1 N–H and O–H groups in total. The van der Waals surface area contributed by atoms with Gasteiger partial charge in [-0.3, -0.25) is 9.78 Å². The highest BCUT2D eigenvalue weighted by Gasteiger charge is 2.25. The van der Waals surface area contributed by atoms with Crippen LogP contribution in [0.4, 0.5) is 0 Å². The first-order chi connectivity index (χ1) is 13.1. The average molecular weight is 381 g/mol. The van der Waals surface area contributed by atoms with Gasteiger partial charge >= 0.3 is 0 Å². The Morgan fingerprint density at radius 2 is 1.96 bits per heavy atom. The topological polar surface area (TPSA) is 51.2 Å². The Hall–Kier alpha value is -2.59. The number of aromatic nitrogens is 1. The molecule has 4 rings (SSSR count). The number of hydrogen-bond acceptors (Lipinski definition) is 3. The third kappa shape index (κ3) is 3.37. The number of rotatable bonds is 4. The van der Waals surface area contributed by atoms with Gasteiger partial charge in [-0.2, -0.15) is 0 Å². The minimum atomic E-state index is -0.122. The van der Waals surface area contributed by atoms with Crippen LogP contribution < -0.4 is 10.1 Å². The van der Waals surface area contributed by atoms with Gasteiger partial charge in [0.05, 0.1) is 24.2 Å². The standard InChI is InChI=1S/C22H21ClN2O2/c1-13(14-6-9-16(27-2)10-7-14)24-22(26)21-17-4-3-5-19(17)25-20-11-8-15(23)12-18(20)21/h6-13H,3-5H2,1-2H3,(H,24,26). The van der Waals surface area contributed by atoms with Crippen molar-refractivity contribution >= 4 is 28.4 Å². The van der Waals surface area contributed by atoms with E-state index in [4.69, 9.17) is 21.3 Å². The third-order valence-electron chi connectivity index (χ3n) is 5.16. The van der Waals surface area contributed by atoms with Gasteiger partial charge in [0.2, 0.25) is 0 Å². The van der Waals surface area contributed by atoms with E-state index < -0.39 is 0 Å². The quantitative estimate of drug-likeness (QED) is 0.702. The van der Waals surface area contributed by atoms with Crippen molar-refractivity contribution in [2.75, 3.05) is 7.11 Å². The summed E-state index contributed by atoms with van der Waals surface area (Å²) in [6, 6.07) is 13.2. The molecule has 1 amide bonds. The fourth-order valence-electron chi connectivity index (χ4n) is 3.74. The number of pyridine rings is 1. The monoisotopic (exact) mass is 380 g/mol. The fraction of sp³-hybridized carbons (Fsp3) is 0.273. The Morgan fingerprint density at radius 1 is 1.19 bits per heavy atom. The molecule has 1 aliphatic carbocycles. The van der Waals surface area contributed by atoms with Crippen LogP contribution in [-0.4, -0.2) is 18.0 Å². The van der Waals surface area contributed by atoms with Crippen molar-refractivity contribution in [3.8, 4) is 5.75 Å². The van der Waals surface area contributed by atoms with E-state index >= 15 is 0 Å². The second-order valence-corrected chi connectivity index (χ2v) is 7.33. The number of benzene rings is 2. The maximum Gasteiger partial charge on any atom is 0.252 e. The molecule has 2 aromatic carbocycles. The van der Waals surface area contributed by atoms with Crippen molar-refractivity contribution in [2.24, 2.45) is 0 Å². The summed E-state index contributed by atoms with van der Waals surface area (Å²) >= 11 is 6.21. The van der Waals surface area contributed by atoms with Crippen LogP contribution in [0.3, 0.4) is 0 Å². The van der Waals surface area contributed by atoms with E-state index in [1.165, 1.54) is 0 Å². The SMILES string of the molecule is COc1ccc(C(C)NC(=O)c2c3c(nc4ccc(Cl)cc24)CCC3)cc1. The summed E-state index contributed by atoms with van der Waals surface area (Å²) in [7, 11) is 1.64. The van der Waals surface area contributed by atoms with E-state index in [9.17, 15) is 4.79 Å². The lowest BCUT2D eigenvalue weighted by atomic mass is 9.99.